The van der Waals surface area contributed by atoms with Gasteiger partial charge in [0, 0.05) is 12.5 Å². The predicted octanol–water partition coefficient (Wildman–Crippen LogP) is 1.65. The van der Waals surface area contributed by atoms with Crippen molar-refractivity contribution in [3.05, 3.63) is 0 Å². The number of unbranched alkanes of at least 4 members (excludes halogenated alkanes) is 1. The third kappa shape index (κ3) is 8.06. The number of hydrogen-bond acceptors (Lipinski definition) is 3. The maximum atomic E-state index is 11.8. The van der Waals surface area contributed by atoms with E-state index < -0.39 is 12.0 Å². The maximum Gasteiger partial charge on any atom is 0.303 e. The van der Waals surface area contributed by atoms with E-state index >= 15 is 0 Å². The maximum absolute atomic E-state index is 11.8. The first-order chi connectivity index (χ1) is 8.51. The van der Waals surface area contributed by atoms with Gasteiger partial charge in [0.05, 0.1) is 6.04 Å². The fourth-order valence-electron chi connectivity index (χ4n) is 1.81. The molecule has 0 saturated heterocycles. The van der Waals surface area contributed by atoms with E-state index in [0.29, 0.717) is 0 Å². The molecular formula is C13H26N2O3. The predicted molar refractivity (Wildman–Crippen MR) is 71.2 cm³/mol. The van der Waals surface area contributed by atoms with Gasteiger partial charge >= 0.3 is 5.97 Å². The third-order valence-electron chi connectivity index (χ3n) is 2.90. The zero-order valence-corrected chi connectivity index (χ0v) is 11.4. The summed E-state index contributed by atoms with van der Waals surface area (Å²) in [5.41, 5.74) is 5.66. The summed E-state index contributed by atoms with van der Waals surface area (Å²) < 4.78 is 0. The number of aliphatic carboxylic acids is 1. The molecule has 18 heavy (non-hydrogen) atoms. The molecule has 0 aliphatic carbocycles. The molecule has 0 spiro atoms. The Labute approximate surface area is 109 Å². The molecule has 106 valence electrons. The molecule has 1 amide bonds. The molecule has 2 unspecified atom stereocenters. The summed E-state index contributed by atoms with van der Waals surface area (Å²) in [5.74, 6) is -1.15. The highest BCUT2D eigenvalue weighted by Crippen LogP contribution is 2.07. The number of nitrogens with two attached hydrogens (primary N) is 1. The van der Waals surface area contributed by atoms with Gasteiger partial charge in [0.15, 0.2) is 0 Å². The highest BCUT2D eigenvalue weighted by Gasteiger charge is 2.18. The highest BCUT2D eigenvalue weighted by molar-refractivity contribution is 5.82. The summed E-state index contributed by atoms with van der Waals surface area (Å²) in [6, 6.07) is -0.555. The van der Waals surface area contributed by atoms with Crippen molar-refractivity contribution in [1.29, 1.82) is 0 Å². The topological polar surface area (TPSA) is 92.4 Å². The standard InChI is InChI=1S/C13H26N2O3/c1-3-5-7-10(6-4-2)15-13(18)11(14)8-9-12(16)17/h10-11H,3-9,14H2,1-2H3,(H,15,18)(H,16,17). The van der Waals surface area contributed by atoms with Crippen LogP contribution in [0.2, 0.25) is 0 Å². The summed E-state index contributed by atoms with van der Waals surface area (Å²) >= 11 is 0. The largest absolute Gasteiger partial charge is 0.481 e. The molecule has 0 radical (unpaired) electrons. The molecule has 0 aromatic rings. The van der Waals surface area contributed by atoms with Crippen molar-refractivity contribution in [2.24, 2.45) is 5.73 Å². The van der Waals surface area contributed by atoms with E-state index in [1.165, 1.54) is 0 Å². The average Bonchev–Trinajstić information content (AvgIpc) is 2.33. The second kappa shape index (κ2) is 9.88. The van der Waals surface area contributed by atoms with Crippen LogP contribution in [0.5, 0.6) is 0 Å². The van der Waals surface area contributed by atoms with E-state index in [2.05, 4.69) is 19.2 Å². The van der Waals surface area contributed by atoms with Gasteiger partial charge in [-0.25, -0.2) is 0 Å². The lowest BCUT2D eigenvalue weighted by atomic mass is 10.0. The molecule has 2 atom stereocenters. The summed E-state index contributed by atoms with van der Waals surface area (Å²) in [6.07, 6.45) is 5.21. The Balaban J connectivity index is 4.09. The number of carbonyl (C=O) groups excluding carboxylic acids is 1. The fraction of sp³-hybridized carbons (Fsp3) is 0.846. The van der Waals surface area contributed by atoms with Gasteiger partial charge in [-0.15, -0.1) is 0 Å². The minimum Gasteiger partial charge on any atom is -0.481 e. The molecule has 0 heterocycles. The molecular weight excluding hydrogens is 232 g/mol. The number of hydrogen-bond donors (Lipinski definition) is 3. The number of carbonyl (C=O) groups is 2. The first-order valence-corrected chi connectivity index (χ1v) is 6.79. The second-order valence-electron chi connectivity index (χ2n) is 4.68. The molecule has 0 aliphatic rings. The second-order valence-corrected chi connectivity index (χ2v) is 4.68. The molecule has 0 aromatic carbocycles. The lowest BCUT2D eigenvalue weighted by molar-refractivity contribution is -0.137. The van der Waals surface area contributed by atoms with Crippen molar-refractivity contribution < 1.29 is 14.7 Å². The zero-order valence-electron chi connectivity index (χ0n) is 11.4. The van der Waals surface area contributed by atoms with Crippen molar-refractivity contribution in [3.8, 4) is 0 Å². The molecule has 4 N–H and O–H groups in total. The zero-order chi connectivity index (χ0) is 14.0. The van der Waals surface area contributed by atoms with E-state index in [0.717, 1.165) is 32.1 Å². The Bertz CT molecular complexity index is 257. The van der Waals surface area contributed by atoms with Crippen LogP contribution >= 0.6 is 0 Å². The minimum atomic E-state index is -0.922. The first-order valence-electron chi connectivity index (χ1n) is 6.79. The van der Waals surface area contributed by atoms with Gasteiger partial charge in [0.2, 0.25) is 5.91 Å². The average molecular weight is 258 g/mol. The molecule has 0 aliphatic heterocycles. The summed E-state index contributed by atoms with van der Waals surface area (Å²) in [4.78, 5) is 22.2. The number of amides is 1. The van der Waals surface area contributed by atoms with Crippen LogP contribution in [0.3, 0.4) is 0 Å². The van der Waals surface area contributed by atoms with Gasteiger partial charge in [-0.05, 0) is 19.3 Å². The van der Waals surface area contributed by atoms with Crippen LogP contribution in [0.1, 0.15) is 58.8 Å². The van der Waals surface area contributed by atoms with Crippen LogP contribution in [0.25, 0.3) is 0 Å². The molecule has 5 nitrogen and oxygen atoms in total. The van der Waals surface area contributed by atoms with E-state index in [9.17, 15) is 9.59 Å². The minimum absolute atomic E-state index is 0.0675. The van der Waals surface area contributed by atoms with Gasteiger partial charge in [0.1, 0.15) is 0 Å². The summed E-state index contributed by atoms with van der Waals surface area (Å²) in [5, 5.41) is 11.5. The van der Waals surface area contributed by atoms with E-state index in [4.69, 9.17) is 10.8 Å². The molecule has 0 bridgehead atoms. The van der Waals surface area contributed by atoms with Crippen molar-refractivity contribution in [1.82, 2.24) is 5.32 Å². The normalized spacial score (nSPS) is 13.9. The quantitative estimate of drug-likeness (QED) is 0.555. The molecule has 0 aromatic heterocycles. The van der Waals surface area contributed by atoms with Crippen molar-refractivity contribution in [2.75, 3.05) is 0 Å². The van der Waals surface area contributed by atoms with Gasteiger partial charge in [0.25, 0.3) is 0 Å². The summed E-state index contributed by atoms with van der Waals surface area (Å²) in [6.45, 7) is 4.19. The van der Waals surface area contributed by atoms with Crippen molar-refractivity contribution >= 4 is 11.9 Å². The highest BCUT2D eigenvalue weighted by atomic mass is 16.4. The number of nitrogens with one attached hydrogen (secondary N) is 1. The van der Waals surface area contributed by atoms with Crippen LogP contribution in [-0.2, 0) is 9.59 Å². The summed E-state index contributed by atoms with van der Waals surface area (Å²) in [7, 11) is 0. The van der Waals surface area contributed by atoms with Crippen LogP contribution in [0, 0.1) is 0 Å². The van der Waals surface area contributed by atoms with Crippen LogP contribution in [-0.4, -0.2) is 29.1 Å². The number of carboxylic acid groups (broad SMARTS) is 1. The first kappa shape index (κ1) is 16.9. The Morgan fingerprint density at radius 2 is 1.83 bits per heavy atom. The smallest absolute Gasteiger partial charge is 0.303 e. The molecule has 0 fully saturated rings. The lowest BCUT2D eigenvalue weighted by Crippen LogP contribution is -2.45. The number of rotatable bonds is 10. The molecule has 0 saturated carbocycles. The Morgan fingerprint density at radius 1 is 1.17 bits per heavy atom. The van der Waals surface area contributed by atoms with Gasteiger partial charge in [-0.1, -0.05) is 33.1 Å². The van der Waals surface area contributed by atoms with Gasteiger partial charge < -0.3 is 16.2 Å². The molecule has 5 heteroatoms. The van der Waals surface area contributed by atoms with Crippen molar-refractivity contribution in [2.45, 2.75) is 70.9 Å². The SMILES string of the molecule is CCCCC(CCC)NC(=O)C(N)CCC(=O)O. The van der Waals surface area contributed by atoms with Crippen molar-refractivity contribution in [3.63, 3.8) is 0 Å². The van der Waals surface area contributed by atoms with E-state index in [1.807, 2.05) is 0 Å². The Kier molecular flexibility index (Phi) is 9.28. The van der Waals surface area contributed by atoms with Crippen LogP contribution in [0.15, 0.2) is 0 Å². The lowest BCUT2D eigenvalue weighted by Gasteiger charge is -2.20. The monoisotopic (exact) mass is 258 g/mol. The Morgan fingerprint density at radius 3 is 2.33 bits per heavy atom. The van der Waals surface area contributed by atoms with Crippen LogP contribution < -0.4 is 11.1 Å². The third-order valence-corrected chi connectivity index (χ3v) is 2.90. The fourth-order valence-corrected chi connectivity index (χ4v) is 1.81. The Hall–Kier alpha value is -1.10. The van der Waals surface area contributed by atoms with Gasteiger partial charge in [-0.2, -0.15) is 0 Å². The molecule has 0 rings (SSSR count). The van der Waals surface area contributed by atoms with Gasteiger partial charge in [-0.3, -0.25) is 9.59 Å². The van der Waals surface area contributed by atoms with Crippen LogP contribution in [0.4, 0.5) is 0 Å². The van der Waals surface area contributed by atoms with E-state index in [1.54, 1.807) is 0 Å². The van der Waals surface area contributed by atoms with E-state index in [-0.39, 0.29) is 24.8 Å². The number of carboxylic acids is 1.